The zero-order valence-corrected chi connectivity index (χ0v) is 26.8. The Kier molecular flexibility index (Phi) is 9.84. The van der Waals surface area contributed by atoms with Gasteiger partial charge in [0.15, 0.2) is 15.6 Å². The molecule has 2 amide bonds. The minimum absolute atomic E-state index is 0.0580. The van der Waals surface area contributed by atoms with Gasteiger partial charge in [0.25, 0.3) is 5.91 Å². The fraction of sp³-hybridized carbons (Fsp3) is 0.500. The highest BCUT2D eigenvalue weighted by Crippen LogP contribution is 2.51. The van der Waals surface area contributed by atoms with Gasteiger partial charge in [-0.3, -0.25) is 19.2 Å². The highest BCUT2D eigenvalue weighted by atomic mass is 35.5. The van der Waals surface area contributed by atoms with E-state index < -0.39 is 49.9 Å². The molecule has 44 heavy (non-hydrogen) atoms. The molecule has 12 heteroatoms. The molecule has 2 saturated heterocycles. The summed E-state index contributed by atoms with van der Waals surface area (Å²) in [6.45, 7) is 2.53. The van der Waals surface area contributed by atoms with Crippen LogP contribution in [0.4, 0.5) is 0 Å². The molecule has 0 spiro atoms. The number of carbonyl (C=O) groups is 4. The van der Waals surface area contributed by atoms with Gasteiger partial charge in [-0.2, -0.15) is 0 Å². The van der Waals surface area contributed by atoms with E-state index >= 15 is 0 Å². The maximum absolute atomic E-state index is 14.2. The van der Waals surface area contributed by atoms with Crippen LogP contribution in [0.2, 0.25) is 10.0 Å². The Morgan fingerprint density at radius 1 is 1.02 bits per heavy atom. The van der Waals surface area contributed by atoms with Crippen LogP contribution < -0.4 is 5.32 Å². The molecule has 0 unspecified atom stereocenters. The maximum atomic E-state index is 14.2. The Bertz CT molecular complexity index is 1540. The topological polar surface area (TPSA) is 127 Å². The molecule has 2 aromatic carbocycles. The van der Waals surface area contributed by atoms with Crippen LogP contribution in [-0.4, -0.2) is 73.8 Å². The third-order valence-electron chi connectivity index (χ3n) is 9.12. The molecule has 1 saturated carbocycles. The fourth-order valence-electron chi connectivity index (χ4n) is 6.29. The molecule has 2 heterocycles. The number of halogens is 2. The van der Waals surface area contributed by atoms with Crippen molar-refractivity contribution in [1.29, 1.82) is 0 Å². The van der Waals surface area contributed by atoms with Crippen molar-refractivity contribution in [2.75, 3.05) is 19.8 Å². The van der Waals surface area contributed by atoms with Crippen molar-refractivity contribution in [2.45, 2.75) is 79.5 Å². The first kappa shape index (κ1) is 32.6. The zero-order valence-electron chi connectivity index (χ0n) is 24.5. The van der Waals surface area contributed by atoms with E-state index in [1.54, 1.807) is 43.3 Å². The molecule has 2 aromatic rings. The van der Waals surface area contributed by atoms with Gasteiger partial charge < -0.3 is 15.0 Å². The number of nitrogens with zero attached hydrogens (tertiary/aromatic N) is 1. The number of hydrogen-bond acceptors (Lipinski definition) is 7. The van der Waals surface area contributed by atoms with Gasteiger partial charge in [-0.1, -0.05) is 54.4 Å². The van der Waals surface area contributed by atoms with Gasteiger partial charge in [0, 0.05) is 43.2 Å². The van der Waals surface area contributed by atoms with Crippen molar-refractivity contribution in [3.8, 4) is 0 Å². The molecule has 2 aliphatic heterocycles. The molecular weight excluding hydrogens is 627 g/mol. The smallest absolute Gasteiger partial charge is 0.287 e. The van der Waals surface area contributed by atoms with Crippen molar-refractivity contribution in [1.82, 2.24) is 10.2 Å². The normalized spacial score (nSPS) is 22.3. The number of carbonyl (C=O) groups excluding carboxylic acids is 4. The van der Waals surface area contributed by atoms with Crippen LogP contribution in [0.3, 0.4) is 0 Å². The first-order valence-electron chi connectivity index (χ1n) is 15.0. The number of hydrogen-bond donors (Lipinski definition) is 1. The molecule has 1 N–H and O–H groups in total. The van der Waals surface area contributed by atoms with E-state index in [1.165, 1.54) is 17.0 Å². The molecule has 0 radical (unpaired) electrons. The van der Waals surface area contributed by atoms with Crippen LogP contribution in [0.1, 0.15) is 57.4 Å². The number of likely N-dealkylation sites (tertiary alicyclic amines) is 1. The predicted molar refractivity (Wildman–Crippen MR) is 165 cm³/mol. The van der Waals surface area contributed by atoms with Crippen molar-refractivity contribution < 1.29 is 32.3 Å². The second kappa shape index (κ2) is 13.3. The van der Waals surface area contributed by atoms with E-state index in [9.17, 15) is 27.6 Å². The highest BCUT2D eigenvalue weighted by Gasteiger charge is 2.57. The molecule has 0 aromatic heterocycles. The summed E-state index contributed by atoms with van der Waals surface area (Å²) in [5, 5.41) is 2.27. The van der Waals surface area contributed by atoms with Crippen molar-refractivity contribution >= 4 is 56.4 Å². The number of sulfone groups is 1. The van der Waals surface area contributed by atoms with Crippen molar-refractivity contribution in [3.05, 3.63) is 64.1 Å². The van der Waals surface area contributed by atoms with Crippen molar-refractivity contribution in [3.63, 3.8) is 0 Å². The second-order valence-corrected chi connectivity index (χ2v) is 14.9. The molecular formula is C32H36Cl2N2O7S. The van der Waals surface area contributed by atoms with Crippen LogP contribution in [0.25, 0.3) is 0 Å². The third kappa shape index (κ3) is 6.59. The third-order valence-corrected chi connectivity index (χ3v) is 12.0. The first-order valence-corrected chi connectivity index (χ1v) is 17.3. The summed E-state index contributed by atoms with van der Waals surface area (Å²) in [6.07, 6.45) is 2.13. The molecule has 0 bridgehead atoms. The van der Waals surface area contributed by atoms with Gasteiger partial charge in [-0.25, -0.2) is 8.42 Å². The lowest BCUT2D eigenvalue weighted by molar-refractivity contribution is -0.143. The Morgan fingerprint density at radius 3 is 2.30 bits per heavy atom. The Balaban J connectivity index is 1.39. The van der Waals surface area contributed by atoms with E-state index in [0.29, 0.717) is 43.9 Å². The Morgan fingerprint density at radius 2 is 1.68 bits per heavy atom. The van der Waals surface area contributed by atoms with E-state index in [1.807, 2.05) is 0 Å². The minimum atomic E-state index is -4.01. The monoisotopic (exact) mass is 662 g/mol. The average Bonchev–Trinajstić information content (AvgIpc) is 3.70. The fourth-order valence-corrected chi connectivity index (χ4v) is 8.63. The van der Waals surface area contributed by atoms with E-state index in [0.717, 1.165) is 5.56 Å². The van der Waals surface area contributed by atoms with Gasteiger partial charge in [0.05, 0.1) is 26.6 Å². The maximum Gasteiger partial charge on any atom is 0.287 e. The van der Waals surface area contributed by atoms with Gasteiger partial charge in [0.2, 0.25) is 11.7 Å². The quantitative estimate of drug-likeness (QED) is 0.355. The predicted octanol–water partition coefficient (Wildman–Crippen LogP) is 4.32. The lowest BCUT2D eigenvalue weighted by Gasteiger charge is -2.29. The molecule has 3 atom stereocenters. The minimum Gasteiger partial charge on any atom is -0.381 e. The van der Waals surface area contributed by atoms with E-state index in [4.69, 9.17) is 27.9 Å². The first-order chi connectivity index (χ1) is 21.0. The summed E-state index contributed by atoms with van der Waals surface area (Å²) in [7, 11) is -4.01. The standard InChI is InChI=1S/C32H36Cl2N2O7S/c1-2-20(29(38)30(39)35-23-11-15-43-16-12-23)17-27(37)26-18-24(44(41,42)28-6-4-3-5-25(28)34)19-36(26)31(40)32(13-14-32)21-7-9-22(33)10-8-21/h3-10,20,23-24,26H,2,11-19H2,1H3,(H,35,39)/t20-,24-,26+/m1/s1. The van der Waals surface area contributed by atoms with Crippen LogP contribution >= 0.6 is 23.2 Å². The zero-order chi connectivity index (χ0) is 31.6. The summed E-state index contributed by atoms with van der Waals surface area (Å²) in [6, 6.07) is 11.8. The summed E-state index contributed by atoms with van der Waals surface area (Å²) in [4.78, 5) is 55.4. The molecule has 236 valence electrons. The van der Waals surface area contributed by atoms with Gasteiger partial charge in [-0.05, 0) is 68.4 Å². The Hall–Kier alpha value is -2.79. The number of ketones is 2. The van der Waals surface area contributed by atoms with Gasteiger partial charge >= 0.3 is 0 Å². The SMILES string of the molecule is CC[C@H](CC(=O)[C@@H]1C[C@@H](S(=O)(=O)c2ccccc2Cl)CN1C(=O)C1(c2ccc(Cl)cc2)CC1)C(=O)C(=O)NC1CCOCC1. The van der Waals surface area contributed by atoms with Crippen molar-refractivity contribution in [2.24, 2.45) is 5.92 Å². The summed E-state index contributed by atoms with van der Waals surface area (Å²) >= 11 is 12.3. The van der Waals surface area contributed by atoms with Gasteiger partial charge in [-0.15, -0.1) is 0 Å². The number of Topliss-reactive ketones (excluding diaryl/α,β-unsaturated/α-hetero) is 2. The largest absolute Gasteiger partial charge is 0.381 e. The molecule has 9 nitrogen and oxygen atoms in total. The molecule has 3 fully saturated rings. The summed E-state index contributed by atoms with van der Waals surface area (Å²) in [5.74, 6) is -3.10. The number of amides is 2. The van der Waals surface area contributed by atoms with E-state index in [-0.39, 0.29) is 47.7 Å². The van der Waals surface area contributed by atoms with E-state index in [2.05, 4.69) is 5.32 Å². The summed E-state index contributed by atoms with van der Waals surface area (Å²) in [5.41, 5.74) is -0.127. The van der Waals surface area contributed by atoms with Crippen LogP contribution in [-0.2, 0) is 39.2 Å². The Labute approximate surface area is 267 Å². The lowest BCUT2D eigenvalue weighted by atomic mass is 9.90. The lowest BCUT2D eigenvalue weighted by Crippen LogP contribution is -2.47. The molecule has 3 aliphatic rings. The number of nitrogens with one attached hydrogen (secondary N) is 1. The molecule has 5 rings (SSSR count). The number of benzene rings is 2. The highest BCUT2D eigenvalue weighted by molar-refractivity contribution is 7.92. The van der Waals surface area contributed by atoms with Gasteiger partial charge in [0.1, 0.15) is 0 Å². The van der Waals surface area contributed by atoms with Crippen LogP contribution in [0.5, 0.6) is 0 Å². The number of rotatable bonds is 11. The average molecular weight is 664 g/mol. The van der Waals surface area contributed by atoms with Crippen LogP contribution in [0, 0.1) is 5.92 Å². The summed E-state index contributed by atoms with van der Waals surface area (Å²) < 4.78 is 32.8. The molecule has 1 aliphatic carbocycles. The van der Waals surface area contributed by atoms with Crippen LogP contribution in [0.15, 0.2) is 53.4 Å². The number of ether oxygens (including phenoxy) is 1. The second-order valence-electron chi connectivity index (χ2n) is 11.9.